The van der Waals surface area contributed by atoms with Crippen LogP contribution in [0.15, 0.2) is 36.4 Å². The van der Waals surface area contributed by atoms with Gasteiger partial charge < -0.3 is 11.5 Å². The molecular formula is C17H22N2. The molecule has 0 atom stereocenters. The lowest BCUT2D eigenvalue weighted by Gasteiger charge is -2.29. The molecule has 2 heteroatoms. The summed E-state index contributed by atoms with van der Waals surface area (Å²) in [5.41, 5.74) is 18.3. The molecule has 0 radical (unpaired) electrons. The molecule has 0 aliphatic heterocycles. The van der Waals surface area contributed by atoms with Gasteiger partial charge in [0.1, 0.15) is 0 Å². The highest BCUT2D eigenvalue weighted by atomic mass is 14.6. The zero-order valence-electron chi connectivity index (χ0n) is 12.1. The fourth-order valence-electron chi connectivity index (χ4n) is 2.57. The van der Waals surface area contributed by atoms with Gasteiger partial charge in [0.15, 0.2) is 0 Å². The second kappa shape index (κ2) is 4.61. The summed E-state index contributed by atoms with van der Waals surface area (Å²) >= 11 is 0. The molecule has 0 bridgehead atoms. The van der Waals surface area contributed by atoms with Crippen LogP contribution in [0, 0.1) is 13.8 Å². The van der Waals surface area contributed by atoms with Crippen molar-refractivity contribution in [2.75, 3.05) is 11.5 Å². The van der Waals surface area contributed by atoms with Crippen molar-refractivity contribution < 1.29 is 0 Å². The molecular weight excluding hydrogens is 232 g/mol. The Balaban J connectivity index is 2.56. The Labute approximate surface area is 115 Å². The van der Waals surface area contributed by atoms with Gasteiger partial charge in [-0.1, -0.05) is 32.0 Å². The molecule has 0 amide bonds. The molecule has 0 saturated carbocycles. The molecule has 19 heavy (non-hydrogen) atoms. The maximum Gasteiger partial charge on any atom is 0.0346 e. The van der Waals surface area contributed by atoms with Crippen molar-refractivity contribution >= 4 is 11.4 Å². The van der Waals surface area contributed by atoms with Crippen molar-refractivity contribution in [3.63, 3.8) is 0 Å². The number of hydrogen-bond donors (Lipinski definition) is 2. The van der Waals surface area contributed by atoms with E-state index in [-0.39, 0.29) is 5.41 Å². The third-order valence-corrected chi connectivity index (χ3v) is 4.13. The zero-order valence-corrected chi connectivity index (χ0v) is 12.1. The molecule has 0 aliphatic rings. The predicted octanol–water partition coefficient (Wildman–Crippen LogP) is 3.79. The number of nitrogen functional groups attached to an aromatic ring is 2. The Morgan fingerprint density at radius 2 is 1.37 bits per heavy atom. The minimum absolute atomic E-state index is 0.0593. The number of anilines is 2. The van der Waals surface area contributed by atoms with Gasteiger partial charge in [-0.15, -0.1) is 0 Å². The lowest BCUT2D eigenvalue weighted by molar-refractivity contribution is 0.635. The Morgan fingerprint density at radius 1 is 0.789 bits per heavy atom. The minimum Gasteiger partial charge on any atom is -0.399 e. The van der Waals surface area contributed by atoms with Crippen molar-refractivity contribution in [3.8, 4) is 0 Å². The second-order valence-corrected chi connectivity index (χ2v) is 5.70. The van der Waals surface area contributed by atoms with Gasteiger partial charge in [0.2, 0.25) is 0 Å². The van der Waals surface area contributed by atoms with Crippen molar-refractivity contribution in [1.82, 2.24) is 0 Å². The van der Waals surface area contributed by atoms with Crippen molar-refractivity contribution in [2.45, 2.75) is 33.1 Å². The lowest BCUT2D eigenvalue weighted by Crippen LogP contribution is -2.21. The Kier molecular flexibility index (Phi) is 3.27. The smallest absolute Gasteiger partial charge is 0.0346 e. The van der Waals surface area contributed by atoms with Gasteiger partial charge in [-0.3, -0.25) is 0 Å². The molecule has 0 fully saturated rings. The van der Waals surface area contributed by atoms with Crippen LogP contribution in [-0.2, 0) is 5.41 Å². The number of rotatable bonds is 2. The molecule has 0 aromatic heterocycles. The van der Waals surface area contributed by atoms with Gasteiger partial charge in [-0.2, -0.15) is 0 Å². The maximum atomic E-state index is 5.97. The van der Waals surface area contributed by atoms with Crippen LogP contribution in [0.5, 0.6) is 0 Å². The van der Waals surface area contributed by atoms with Gasteiger partial charge in [-0.05, 0) is 54.3 Å². The van der Waals surface area contributed by atoms with E-state index in [9.17, 15) is 0 Å². The summed E-state index contributed by atoms with van der Waals surface area (Å²) in [5.74, 6) is 0. The summed E-state index contributed by atoms with van der Waals surface area (Å²) in [5, 5.41) is 0. The Bertz CT molecular complexity index is 595. The van der Waals surface area contributed by atoms with Crippen LogP contribution in [0.25, 0.3) is 0 Å². The van der Waals surface area contributed by atoms with Crippen LogP contribution >= 0.6 is 0 Å². The van der Waals surface area contributed by atoms with E-state index in [2.05, 4.69) is 45.9 Å². The quantitative estimate of drug-likeness (QED) is 0.801. The summed E-state index contributed by atoms with van der Waals surface area (Å²) in [6.07, 6.45) is 0. The summed E-state index contributed by atoms with van der Waals surface area (Å²) in [6, 6.07) is 12.2. The summed E-state index contributed by atoms with van der Waals surface area (Å²) in [6.45, 7) is 8.68. The average Bonchev–Trinajstić information content (AvgIpc) is 2.36. The summed E-state index contributed by atoms with van der Waals surface area (Å²) < 4.78 is 0. The molecule has 4 N–H and O–H groups in total. The monoisotopic (exact) mass is 254 g/mol. The first-order chi connectivity index (χ1) is 8.84. The van der Waals surface area contributed by atoms with E-state index in [0.29, 0.717) is 0 Å². The molecule has 2 nitrogen and oxygen atoms in total. The van der Waals surface area contributed by atoms with Crippen molar-refractivity contribution in [3.05, 3.63) is 58.7 Å². The van der Waals surface area contributed by atoms with Gasteiger partial charge in [0, 0.05) is 16.8 Å². The number of hydrogen-bond acceptors (Lipinski definition) is 2. The third-order valence-electron chi connectivity index (χ3n) is 4.13. The summed E-state index contributed by atoms with van der Waals surface area (Å²) in [4.78, 5) is 0. The normalized spacial score (nSPS) is 11.6. The van der Waals surface area contributed by atoms with Gasteiger partial charge in [-0.25, -0.2) is 0 Å². The van der Waals surface area contributed by atoms with E-state index < -0.39 is 0 Å². The summed E-state index contributed by atoms with van der Waals surface area (Å²) in [7, 11) is 0. The zero-order chi connectivity index (χ0) is 14.2. The van der Waals surface area contributed by atoms with Gasteiger partial charge in [0.05, 0.1) is 0 Å². The van der Waals surface area contributed by atoms with E-state index >= 15 is 0 Å². The first kappa shape index (κ1) is 13.5. The molecule has 2 rings (SSSR count). The SMILES string of the molecule is Cc1c(N)ccc(C(C)(C)c2ccc(N)cc2)c1C. The molecule has 0 heterocycles. The molecule has 0 aliphatic carbocycles. The minimum atomic E-state index is -0.0593. The molecule has 2 aromatic carbocycles. The van der Waals surface area contributed by atoms with Crippen molar-refractivity contribution in [2.24, 2.45) is 0 Å². The van der Waals surface area contributed by atoms with E-state index in [4.69, 9.17) is 11.5 Å². The lowest BCUT2D eigenvalue weighted by atomic mass is 9.75. The Morgan fingerprint density at radius 3 is 1.95 bits per heavy atom. The van der Waals surface area contributed by atoms with Crippen LogP contribution in [0.1, 0.15) is 36.1 Å². The topological polar surface area (TPSA) is 52.0 Å². The molecule has 100 valence electrons. The highest BCUT2D eigenvalue weighted by Gasteiger charge is 2.25. The van der Waals surface area contributed by atoms with E-state index in [1.807, 2.05) is 18.2 Å². The first-order valence-corrected chi connectivity index (χ1v) is 6.56. The van der Waals surface area contributed by atoms with E-state index in [1.54, 1.807) is 0 Å². The van der Waals surface area contributed by atoms with Crippen molar-refractivity contribution in [1.29, 1.82) is 0 Å². The molecule has 2 aromatic rings. The largest absolute Gasteiger partial charge is 0.399 e. The number of nitrogens with two attached hydrogens (primary N) is 2. The van der Waals surface area contributed by atoms with E-state index in [0.717, 1.165) is 11.4 Å². The predicted molar refractivity (Wildman–Crippen MR) is 83.3 cm³/mol. The maximum absolute atomic E-state index is 5.97. The first-order valence-electron chi connectivity index (χ1n) is 6.56. The van der Waals surface area contributed by atoms with Gasteiger partial charge >= 0.3 is 0 Å². The molecule has 0 saturated heterocycles. The second-order valence-electron chi connectivity index (χ2n) is 5.70. The third kappa shape index (κ3) is 2.30. The van der Waals surface area contributed by atoms with Crippen LogP contribution in [-0.4, -0.2) is 0 Å². The molecule has 0 unspecified atom stereocenters. The standard InChI is InChI=1S/C17H22N2/c1-11-12(2)16(19)10-9-15(11)17(3,4)13-5-7-14(18)8-6-13/h5-10H,18-19H2,1-4H3. The highest BCUT2D eigenvalue weighted by Crippen LogP contribution is 2.36. The fourth-order valence-corrected chi connectivity index (χ4v) is 2.57. The van der Waals surface area contributed by atoms with Gasteiger partial charge in [0.25, 0.3) is 0 Å². The Hall–Kier alpha value is -1.96. The van der Waals surface area contributed by atoms with Crippen LogP contribution in [0.4, 0.5) is 11.4 Å². The fraction of sp³-hybridized carbons (Fsp3) is 0.294. The van der Waals surface area contributed by atoms with Crippen LogP contribution in [0.2, 0.25) is 0 Å². The van der Waals surface area contributed by atoms with E-state index in [1.165, 1.54) is 22.3 Å². The molecule has 0 spiro atoms. The highest BCUT2D eigenvalue weighted by molar-refractivity contribution is 5.56. The average molecular weight is 254 g/mol. The van der Waals surface area contributed by atoms with Crippen LogP contribution in [0.3, 0.4) is 0 Å². The van der Waals surface area contributed by atoms with Crippen LogP contribution < -0.4 is 11.5 Å². The number of benzene rings is 2.